The van der Waals surface area contributed by atoms with Crippen LogP contribution >= 0.6 is 11.6 Å². The van der Waals surface area contributed by atoms with Crippen molar-refractivity contribution in [3.8, 4) is 0 Å². The van der Waals surface area contributed by atoms with E-state index in [1.807, 2.05) is 65.6 Å². The average molecular weight is 391 g/mol. The number of rotatable bonds is 4. The van der Waals surface area contributed by atoms with Crippen molar-refractivity contribution < 1.29 is 4.79 Å². The fourth-order valence-corrected chi connectivity index (χ4v) is 4.03. The molecule has 0 unspecified atom stereocenters. The first kappa shape index (κ1) is 18.7. The van der Waals surface area contributed by atoms with Gasteiger partial charge in [-0.05, 0) is 48.7 Å². The number of likely N-dealkylation sites (tertiary alicyclic amines) is 1. The minimum atomic E-state index is 0.109. The van der Waals surface area contributed by atoms with E-state index in [0.29, 0.717) is 6.42 Å². The lowest BCUT2D eigenvalue weighted by atomic mass is 9.93. The van der Waals surface area contributed by atoms with Crippen LogP contribution in [0.5, 0.6) is 0 Å². The van der Waals surface area contributed by atoms with E-state index >= 15 is 0 Å². The summed E-state index contributed by atoms with van der Waals surface area (Å²) in [5, 5.41) is 0.770. The van der Waals surface area contributed by atoms with Gasteiger partial charge in [-0.2, -0.15) is 0 Å². The molecule has 1 aromatic heterocycles. The summed E-state index contributed by atoms with van der Waals surface area (Å²) >= 11 is 6.30. The monoisotopic (exact) mass is 390 g/mol. The van der Waals surface area contributed by atoms with E-state index in [0.717, 1.165) is 53.5 Å². The number of carbonyl (C=O) groups excluding carboxylic acids is 1. The van der Waals surface area contributed by atoms with Crippen LogP contribution in [0.2, 0.25) is 5.02 Å². The molecule has 142 valence electrons. The maximum atomic E-state index is 12.8. The van der Waals surface area contributed by atoms with Crippen LogP contribution in [-0.4, -0.2) is 28.9 Å². The van der Waals surface area contributed by atoms with Gasteiger partial charge < -0.3 is 4.90 Å². The second kappa shape index (κ2) is 8.57. The number of piperidine rings is 1. The Morgan fingerprint density at radius 2 is 1.79 bits per heavy atom. The van der Waals surface area contributed by atoms with Crippen LogP contribution in [0.15, 0.2) is 72.8 Å². The van der Waals surface area contributed by atoms with Gasteiger partial charge in [0.15, 0.2) is 0 Å². The van der Waals surface area contributed by atoms with Crippen molar-refractivity contribution in [3.05, 3.63) is 100 Å². The SMILES string of the molecule is O=C(c1ccccc1)N1CCC[C@H](c2cccc(Cc3ccccc3Cl)n2)C1. The molecular formula is C24H23ClN2O. The van der Waals surface area contributed by atoms with Crippen molar-refractivity contribution >= 4 is 17.5 Å². The highest BCUT2D eigenvalue weighted by molar-refractivity contribution is 6.31. The Morgan fingerprint density at radius 1 is 1.00 bits per heavy atom. The third-order valence-electron chi connectivity index (χ3n) is 5.31. The fraction of sp³-hybridized carbons (Fsp3) is 0.250. The number of hydrogen-bond donors (Lipinski definition) is 0. The first-order valence-corrected chi connectivity index (χ1v) is 10.1. The molecular weight excluding hydrogens is 368 g/mol. The highest BCUT2D eigenvalue weighted by Gasteiger charge is 2.26. The Labute approximate surface area is 171 Å². The minimum Gasteiger partial charge on any atom is -0.338 e. The Bertz CT molecular complexity index is 958. The minimum absolute atomic E-state index is 0.109. The molecule has 3 aromatic rings. The van der Waals surface area contributed by atoms with Crippen molar-refractivity contribution in [2.45, 2.75) is 25.2 Å². The van der Waals surface area contributed by atoms with Gasteiger partial charge in [-0.25, -0.2) is 0 Å². The Hall–Kier alpha value is -2.65. The molecule has 4 rings (SSSR count). The highest BCUT2D eigenvalue weighted by Crippen LogP contribution is 2.27. The predicted octanol–water partition coefficient (Wildman–Crippen LogP) is 5.35. The van der Waals surface area contributed by atoms with Gasteiger partial charge in [0.1, 0.15) is 0 Å². The summed E-state index contributed by atoms with van der Waals surface area (Å²) in [6.45, 7) is 1.53. The largest absolute Gasteiger partial charge is 0.338 e. The lowest BCUT2D eigenvalue weighted by Crippen LogP contribution is -2.39. The van der Waals surface area contributed by atoms with Crippen LogP contribution < -0.4 is 0 Å². The maximum absolute atomic E-state index is 12.8. The number of hydrogen-bond acceptors (Lipinski definition) is 2. The van der Waals surface area contributed by atoms with Crippen LogP contribution in [-0.2, 0) is 6.42 Å². The summed E-state index contributed by atoms with van der Waals surface area (Å²) in [6, 6.07) is 23.6. The van der Waals surface area contributed by atoms with Crippen molar-refractivity contribution in [1.82, 2.24) is 9.88 Å². The maximum Gasteiger partial charge on any atom is 0.253 e. The number of amides is 1. The van der Waals surface area contributed by atoms with Gasteiger partial charge in [0.25, 0.3) is 5.91 Å². The van der Waals surface area contributed by atoms with Crippen LogP contribution in [0.3, 0.4) is 0 Å². The number of halogens is 1. The molecule has 2 aromatic carbocycles. The normalized spacial score (nSPS) is 16.8. The molecule has 1 amide bonds. The fourth-order valence-electron chi connectivity index (χ4n) is 3.83. The lowest BCUT2D eigenvalue weighted by molar-refractivity contribution is 0.0706. The molecule has 28 heavy (non-hydrogen) atoms. The van der Waals surface area contributed by atoms with E-state index in [1.54, 1.807) is 0 Å². The van der Waals surface area contributed by atoms with Crippen molar-refractivity contribution in [2.75, 3.05) is 13.1 Å². The number of pyridine rings is 1. The molecule has 0 N–H and O–H groups in total. The summed E-state index contributed by atoms with van der Waals surface area (Å²) in [6.07, 6.45) is 2.77. The van der Waals surface area contributed by atoms with Gasteiger partial charge in [-0.15, -0.1) is 0 Å². The second-order valence-corrected chi connectivity index (χ2v) is 7.69. The summed E-state index contributed by atoms with van der Waals surface area (Å²) < 4.78 is 0. The molecule has 1 atom stereocenters. The van der Waals surface area contributed by atoms with E-state index in [2.05, 4.69) is 12.1 Å². The van der Waals surface area contributed by atoms with Crippen LogP contribution in [0.25, 0.3) is 0 Å². The number of nitrogens with zero attached hydrogens (tertiary/aromatic N) is 2. The van der Waals surface area contributed by atoms with E-state index in [1.165, 1.54) is 0 Å². The molecule has 3 nitrogen and oxygen atoms in total. The average Bonchev–Trinajstić information content (AvgIpc) is 2.76. The van der Waals surface area contributed by atoms with Crippen molar-refractivity contribution in [2.24, 2.45) is 0 Å². The molecule has 0 spiro atoms. The van der Waals surface area contributed by atoms with E-state index in [9.17, 15) is 4.79 Å². The number of aromatic nitrogens is 1. The molecule has 1 saturated heterocycles. The third-order valence-corrected chi connectivity index (χ3v) is 5.67. The van der Waals surface area contributed by atoms with E-state index in [-0.39, 0.29) is 11.8 Å². The lowest BCUT2D eigenvalue weighted by Gasteiger charge is -2.32. The van der Waals surface area contributed by atoms with Gasteiger partial charge >= 0.3 is 0 Å². The number of benzene rings is 2. The number of carbonyl (C=O) groups is 1. The Balaban J connectivity index is 1.49. The van der Waals surface area contributed by atoms with Crippen molar-refractivity contribution in [3.63, 3.8) is 0 Å². The summed E-state index contributed by atoms with van der Waals surface area (Å²) in [7, 11) is 0. The van der Waals surface area contributed by atoms with Crippen LogP contribution in [0.4, 0.5) is 0 Å². The molecule has 1 fully saturated rings. The van der Waals surface area contributed by atoms with E-state index < -0.39 is 0 Å². The first-order chi connectivity index (χ1) is 13.7. The zero-order chi connectivity index (χ0) is 19.3. The molecule has 0 bridgehead atoms. The smallest absolute Gasteiger partial charge is 0.253 e. The molecule has 2 heterocycles. The second-order valence-electron chi connectivity index (χ2n) is 7.28. The Morgan fingerprint density at radius 3 is 2.61 bits per heavy atom. The molecule has 0 aliphatic carbocycles. The summed E-state index contributed by atoms with van der Waals surface area (Å²) in [4.78, 5) is 19.7. The van der Waals surface area contributed by atoms with Crippen LogP contribution in [0.1, 0.15) is 46.1 Å². The van der Waals surface area contributed by atoms with Crippen molar-refractivity contribution in [1.29, 1.82) is 0 Å². The Kier molecular flexibility index (Phi) is 5.73. The van der Waals surface area contributed by atoms with Gasteiger partial charge in [0, 0.05) is 47.4 Å². The van der Waals surface area contributed by atoms with Gasteiger partial charge in [0.2, 0.25) is 0 Å². The quantitative estimate of drug-likeness (QED) is 0.602. The van der Waals surface area contributed by atoms with Gasteiger partial charge in [0.05, 0.1) is 0 Å². The summed E-state index contributed by atoms with van der Waals surface area (Å²) in [5.74, 6) is 0.380. The molecule has 1 aliphatic heterocycles. The third kappa shape index (κ3) is 4.26. The van der Waals surface area contributed by atoms with Gasteiger partial charge in [-0.3, -0.25) is 9.78 Å². The zero-order valence-electron chi connectivity index (χ0n) is 15.7. The van der Waals surface area contributed by atoms with E-state index in [4.69, 9.17) is 16.6 Å². The first-order valence-electron chi connectivity index (χ1n) is 9.74. The molecule has 0 radical (unpaired) electrons. The molecule has 1 aliphatic rings. The summed E-state index contributed by atoms with van der Waals surface area (Å²) in [5.41, 5.74) is 3.91. The predicted molar refractivity (Wildman–Crippen MR) is 113 cm³/mol. The zero-order valence-corrected chi connectivity index (χ0v) is 16.5. The van der Waals surface area contributed by atoms with Gasteiger partial charge in [-0.1, -0.05) is 54.1 Å². The topological polar surface area (TPSA) is 33.2 Å². The van der Waals surface area contributed by atoms with Crippen LogP contribution in [0, 0.1) is 0 Å². The standard InChI is InChI=1S/C24H23ClN2O/c25-22-13-5-4-10-19(22)16-21-12-6-14-23(26-21)20-11-7-15-27(17-20)24(28)18-8-2-1-3-9-18/h1-6,8-10,12-14,20H,7,11,15-17H2/t20-/m0/s1. The molecule has 0 saturated carbocycles. The highest BCUT2D eigenvalue weighted by atomic mass is 35.5. The molecule has 4 heteroatoms.